The van der Waals surface area contributed by atoms with Crippen molar-refractivity contribution < 1.29 is 0 Å². The molecule has 0 radical (unpaired) electrons. The average molecular weight is 154 g/mol. The normalized spacial score (nSPS) is 13.3. The van der Waals surface area contributed by atoms with Gasteiger partial charge in [-0.3, -0.25) is 0 Å². The Morgan fingerprint density at radius 2 is 2.64 bits per heavy atom. The number of imidazole rings is 1. The van der Waals surface area contributed by atoms with Crippen LogP contribution in [0.15, 0.2) is 12.5 Å². The van der Waals surface area contributed by atoms with Crippen molar-refractivity contribution in [3.63, 3.8) is 0 Å². The summed E-state index contributed by atoms with van der Waals surface area (Å²) in [6.45, 7) is 3.52. The lowest BCUT2D eigenvalue weighted by Gasteiger charge is -2.08. The van der Waals surface area contributed by atoms with Gasteiger partial charge in [0.25, 0.3) is 0 Å². The third-order valence-electron chi connectivity index (χ3n) is 1.55. The molecule has 0 aromatic carbocycles. The van der Waals surface area contributed by atoms with Gasteiger partial charge in [0, 0.05) is 31.0 Å². The molecule has 0 saturated carbocycles. The van der Waals surface area contributed by atoms with E-state index in [-0.39, 0.29) is 0 Å². The first kappa shape index (κ1) is 8.23. The first-order valence-corrected chi connectivity index (χ1v) is 3.73. The number of hydrogen-bond acceptors (Lipinski definition) is 3. The van der Waals surface area contributed by atoms with Crippen molar-refractivity contribution in [2.75, 3.05) is 6.54 Å². The number of aromatic amines is 1. The lowest BCUT2D eigenvalue weighted by molar-refractivity contribution is 0.551. The fraction of sp³-hybridized carbons (Fsp3) is 0.571. The summed E-state index contributed by atoms with van der Waals surface area (Å²) in [4.78, 5) is 6.90. The van der Waals surface area contributed by atoms with E-state index in [9.17, 15) is 0 Å². The maximum absolute atomic E-state index is 5.42. The van der Waals surface area contributed by atoms with Gasteiger partial charge in [-0.15, -0.1) is 0 Å². The predicted octanol–water partition coefficient (Wildman–Crippen LogP) is -0.153. The van der Waals surface area contributed by atoms with Crippen LogP contribution in [0.4, 0.5) is 0 Å². The summed E-state index contributed by atoms with van der Waals surface area (Å²) in [5, 5.41) is 3.24. The van der Waals surface area contributed by atoms with E-state index in [2.05, 4.69) is 22.2 Å². The molecule has 62 valence electrons. The van der Waals surface area contributed by atoms with Crippen molar-refractivity contribution in [2.45, 2.75) is 19.5 Å². The summed E-state index contributed by atoms with van der Waals surface area (Å²) in [7, 11) is 0. The lowest BCUT2D eigenvalue weighted by atomic mass is 10.3. The Balaban J connectivity index is 2.23. The number of hydrogen-bond donors (Lipinski definition) is 3. The van der Waals surface area contributed by atoms with Gasteiger partial charge in [-0.05, 0) is 6.92 Å². The topological polar surface area (TPSA) is 66.7 Å². The molecule has 4 N–H and O–H groups in total. The van der Waals surface area contributed by atoms with Gasteiger partial charge in [-0.1, -0.05) is 0 Å². The number of nitrogens with zero attached hydrogens (tertiary/aromatic N) is 1. The Kier molecular flexibility index (Phi) is 3.07. The summed E-state index contributed by atoms with van der Waals surface area (Å²) in [6, 6.07) is 0.360. The maximum Gasteiger partial charge on any atom is 0.0922 e. The molecule has 4 nitrogen and oxygen atoms in total. The van der Waals surface area contributed by atoms with Crippen molar-refractivity contribution in [2.24, 2.45) is 5.73 Å². The smallest absolute Gasteiger partial charge is 0.0922 e. The molecule has 0 spiro atoms. The van der Waals surface area contributed by atoms with E-state index < -0.39 is 0 Å². The zero-order valence-corrected chi connectivity index (χ0v) is 6.67. The van der Waals surface area contributed by atoms with Crippen LogP contribution in [-0.2, 0) is 6.54 Å². The highest BCUT2D eigenvalue weighted by Gasteiger charge is 1.97. The SMILES string of the molecule is C[C@@H](CN)NCc1cnc[nH]1. The van der Waals surface area contributed by atoms with Crippen LogP contribution >= 0.6 is 0 Å². The molecule has 1 rings (SSSR count). The van der Waals surface area contributed by atoms with Crippen molar-refractivity contribution in [1.82, 2.24) is 15.3 Å². The van der Waals surface area contributed by atoms with Crippen LogP contribution in [0.1, 0.15) is 12.6 Å². The van der Waals surface area contributed by atoms with Gasteiger partial charge in [0.1, 0.15) is 0 Å². The van der Waals surface area contributed by atoms with Gasteiger partial charge in [0.15, 0.2) is 0 Å². The summed E-state index contributed by atoms with van der Waals surface area (Å²) < 4.78 is 0. The standard InChI is InChI=1S/C7H14N4/c1-6(2-8)10-4-7-3-9-5-11-7/h3,5-6,10H,2,4,8H2,1H3,(H,9,11)/t6-/m0/s1. The number of nitrogens with two attached hydrogens (primary N) is 1. The van der Waals surface area contributed by atoms with E-state index in [1.165, 1.54) is 0 Å². The Bertz CT molecular complexity index is 182. The minimum Gasteiger partial charge on any atom is -0.347 e. The van der Waals surface area contributed by atoms with Crippen molar-refractivity contribution in [3.8, 4) is 0 Å². The molecule has 11 heavy (non-hydrogen) atoms. The molecule has 1 aromatic rings. The summed E-state index contributed by atoms with van der Waals surface area (Å²) in [6.07, 6.45) is 3.47. The second-order valence-electron chi connectivity index (χ2n) is 2.59. The molecule has 1 atom stereocenters. The van der Waals surface area contributed by atoms with Gasteiger partial charge >= 0.3 is 0 Å². The third-order valence-corrected chi connectivity index (χ3v) is 1.55. The van der Waals surface area contributed by atoms with Crippen LogP contribution in [0.2, 0.25) is 0 Å². The first-order chi connectivity index (χ1) is 5.33. The summed E-state index contributed by atoms with van der Waals surface area (Å²) in [5.41, 5.74) is 6.51. The molecule has 4 heteroatoms. The van der Waals surface area contributed by atoms with Crippen LogP contribution in [0, 0.1) is 0 Å². The fourth-order valence-corrected chi connectivity index (χ4v) is 0.749. The van der Waals surface area contributed by atoms with Crippen molar-refractivity contribution in [1.29, 1.82) is 0 Å². The van der Waals surface area contributed by atoms with Crippen LogP contribution in [0.5, 0.6) is 0 Å². The van der Waals surface area contributed by atoms with Crippen molar-refractivity contribution in [3.05, 3.63) is 18.2 Å². The molecule has 0 bridgehead atoms. The monoisotopic (exact) mass is 154 g/mol. The molecular weight excluding hydrogens is 140 g/mol. The number of aromatic nitrogens is 2. The highest BCUT2D eigenvalue weighted by molar-refractivity contribution is 4.93. The zero-order valence-electron chi connectivity index (χ0n) is 6.67. The molecule has 1 aromatic heterocycles. The quantitative estimate of drug-likeness (QED) is 0.565. The van der Waals surface area contributed by atoms with Crippen LogP contribution in [-0.4, -0.2) is 22.6 Å². The van der Waals surface area contributed by atoms with E-state index in [1.54, 1.807) is 12.5 Å². The van der Waals surface area contributed by atoms with Gasteiger partial charge in [0.05, 0.1) is 6.33 Å². The van der Waals surface area contributed by atoms with Crippen LogP contribution in [0.3, 0.4) is 0 Å². The molecule has 0 fully saturated rings. The van der Waals surface area contributed by atoms with E-state index in [0.29, 0.717) is 12.6 Å². The molecule has 0 aliphatic rings. The molecule has 0 amide bonds. The van der Waals surface area contributed by atoms with Gasteiger partial charge in [0.2, 0.25) is 0 Å². The van der Waals surface area contributed by atoms with E-state index >= 15 is 0 Å². The highest BCUT2D eigenvalue weighted by Crippen LogP contribution is 1.89. The van der Waals surface area contributed by atoms with Crippen LogP contribution in [0.25, 0.3) is 0 Å². The first-order valence-electron chi connectivity index (χ1n) is 3.73. The second-order valence-corrected chi connectivity index (χ2v) is 2.59. The third kappa shape index (κ3) is 2.69. The average Bonchev–Trinajstić information content (AvgIpc) is 2.52. The Morgan fingerprint density at radius 1 is 1.82 bits per heavy atom. The zero-order chi connectivity index (χ0) is 8.10. The Morgan fingerprint density at radius 3 is 3.18 bits per heavy atom. The molecule has 0 aliphatic heterocycles. The summed E-state index contributed by atoms with van der Waals surface area (Å²) >= 11 is 0. The largest absolute Gasteiger partial charge is 0.347 e. The minimum absolute atomic E-state index is 0.360. The Labute approximate surface area is 66.2 Å². The van der Waals surface area contributed by atoms with Gasteiger partial charge in [-0.25, -0.2) is 4.98 Å². The molecule has 0 unspecified atom stereocenters. The minimum atomic E-state index is 0.360. The Hall–Kier alpha value is -0.870. The molecule has 1 heterocycles. The number of rotatable bonds is 4. The molecule has 0 saturated heterocycles. The highest BCUT2D eigenvalue weighted by atomic mass is 15.0. The number of H-pyrrole nitrogens is 1. The van der Waals surface area contributed by atoms with E-state index in [1.807, 2.05) is 0 Å². The van der Waals surface area contributed by atoms with E-state index in [4.69, 9.17) is 5.73 Å². The van der Waals surface area contributed by atoms with E-state index in [0.717, 1.165) is 12.2 Å². The number of nitrogens with one attached hydrogen (secondary N) is 2. The molecular formula is C7H14N4. The fourth-order valence-electron chi connectivity index (χ4n) is 0.749. The molecule has 0 aliphatic carbocycles. The maximum atomic E-state index is 5.42. The summed E-state index contributed by atoms with van der Waals surface area (Å²) in [5.74, 6) is 0. The lowest BCUT2D eigenvalue weighted by Crippen LogP contribution is -2.32. The van der Waals surface area contributed by atoms with Gasteiger partial charge < -0.3 is 16.0 Å². The van der Waals surface area contributed by atoms with Crippen molar-refractivity contribution >= 4 is 0 Å². The predicted molar refractivity (Wildman–Crippen MR) is 43.9 cm³/mol. The second kappa shape index (κ2) is 4.10. The van der Waals surface area contributed by atoms with Crippen LogP contribution < -0.4 is 11.1 Å². The van der Waals surface area contributed by atoms with Gasteiger partial charge in [-0.2, -0.15) is 0 Å².